The third-order valence-electron chi connectivity index (χ3n) is 3.33. The number of hydrogen-bond acceptors (Lipinski definition) is 2. The number of rotatable bonds is 4. The first-order valence-electron chi connectivity index (χ1n) is 7.72. The molecule has 0 aromatic heterocycles. The van der Waals surface area contributed by atoms with Gasteiger partial charge >= 0.3 is 12.2 Å². The van der Waals surface area contributed by atoms with Gasteiger partial charge in [-0.2, -0.15) is 13.2 Å². The number of carbonyl (C=O) groups is 1. The van der Waals surface area contributed by atoms with Crippen LogP contribution >= 0.6 is 0 Å². The number of halogens is 3. The van der Waals surface area contributed by atoms with E-state index in [4.69, 9.17) is 4.74 Å². The van der Waals surface area contributed by atoms with E-state index >= 15 is 0 Å². The van der Waals surface area contributed by atoms with Crippen molar-refractivity contribution in [3.8, 4) is 17.6 Å². The molecule has 4 nitrogen and oxygen atoms in total. The summed E-state index contributed by atoms with van der Waals surface area (Å²) in [5.41, 5.74) is 0.853. The second kappa shape index (κ2) is 8.81. The van der Waals surface area contributed by atoms with Crippen molar-refractivity contribution in [2.24, 2.45) is 0 Å². The number of nitrogens with one attached hydrogen (secondary N) is 2. The Bertz CT molecular complexity index is 823. The fourth-order valence-electron chi connectivity index (χ4n) is 2.00. The van der Waals surface area contributed by atoms with Gasteiger partial charge in [0.15, 0.2) is 0 Å². The van der Waals surface area contributed by atoms with Gasteiger partial charge in [-0.3, -0.25) is 0 Å². The summed E-state index contributed by atoms with van der Waals surface area (Å²) in [6.07, 6.45) is -4.42. The van der Waals surface area contributed by atoms with Crippen molar-refractivity contribution in [3.63, 3.8) is 0 Å². The first-order valence-corrected chi connectivity index (χ1v) is 7.72. The van der Waals surface area contributed by atoms with Crippen molar-refractivity contribution < 1.29 is 22.7 Å². The molecule has 0 atom stereocenters. The molecule has 2 N–H and O–H groups in total. The molecule has 7 heteroatoms. The highest BCUT2D eigenvalue weighted by Crippen LogP contribution is 2.31. The number of amides is 2. The van der Waals surface area contributed by atoms with E-state index in [-0.39, 0.29) is 18.9 Å². The van der Waals surface area contributed by atoms with Crippen LogP contribution in [0.15, 0.2) is 48.5 Å². The van der Waals surface area contributed by atoms with Gasteiger partial charge in [0.25, 0.3) is 0 Å². The van der Waals surface area contributed by atoms with E-state index in [0.717, 1.165) is 17.7 Å². The molecule has 0 bridgehead atoms. The zero-order valence-corrected chi connectivity index (χ0v) is 14.0. The third kappa shape index (κ3) is 6.06. The number of anilines is 1. The standard InChI is InChI=1S/C19H17F3N2O2/c1-14-7-2-3-10-17(14)24-18(25)23-11-4-5-12-26-16-9-6-8-15(13-16)19(20,21)22/h2-3,6-10,13H,11-12H2,1H3,(H2,23,24,25). The SMILES string of the molecule is Cc1ccccc1NC(=O)NCC#CCOc1cccc(C(F)(F)F)c1. The minimum atomic E-state index is -4.42. The molecule has 2 aromatic carbocycles. The molecular formula is C19H17F3N2O2. The summed E-state index contributed by atoms with van der Waals surface area (Å²) in [4.78, 5) is 11.7. The van der Waals surface area contributed by atoms with Crippen LogP contribution in [-0.2, 0) is 6.18 Å². The number of hydrogen-bond donors (Lipinski definition) is 2. The Morgan fingerprint density at radius 3 is 2.62 bits per heavy atom. The van der Waals surface area contributed by atoms with Gasteiger partial charge in [0, 0.05) is 5.69 Å². The van der Waals surface area contributed by atoms with Crippen LogP contribution in [0.3, 0.4) is 0 Å². The highest BCUT2D eigenvalue weighted by molar-refractivity contribution is 5.90. The molecule has 26 heavy (non-hydrogen) atoms. The van der Waals surface area contributed by atoms with Crippen molar-refractivity contribution >= 4 is 11.7 Å². The van der Waals surface area contributed by atoms with Crippen LogP contribution in [0.25, 0.3) is 0 Å². The highest BCUT2D eigenvalue weighted by atomic mass is 19.4. The molecule has 0 aliphatic heterocycles. The zero-order valence-electron chi connectivity index (χ0n) is 14.0. The summed E-state index contributed by atoms with van der Waals surface area (Å²) in [7, 11) is 0. The van der Waals surface area contributed by atoms with Gasteiger partial charge in [-0.25, -0.2) is 4.79 Å². The maximum absolute atomic E-state index is 12.6. The molecule has 2 aromatic rings. The molecule has 0 saturated carbocycles. The molecule has 0 saturated heterocycles. The molecule has 136 valence electrons. The lowest BCUT2D eigenvalue weighted by Gasteiger charge is -2.08. The molecule has 0 fully saturated rings. The van der Waals surface area contributed by atoms with E-state index in [0.29, 0.717) is 5.69 Å². The number of carbonyl (C=O) groups excluding carboxylic acids is 1. The van der Waals surface area contributed by atoms with E-state index < -0.39 is 17.8 Å². The van der Waals surface area contributed by atoms with E-state index in [1.807, 2.05) is 25.1 Å². The normalized spacial score (nSPS) is 10.5. The Morgan fingerprint density at radius 2 is 1.88 bits per heavy atom. The van der Waals surface area contributed by atoms with Crippen LogP contribution in [0, 0.1) is 18.8 Å². The van der Waals surface area contributed by atoms with Gasteiger partial charge in [0.1, 0.15) is 12.4 Å². The van der Waals surface area contributed by atoms with Gasteiger partial charge in [-0.15, -0.1) is 0 Å². The average molecular weight is 362 g/mol. The summed E-state index contributed by atoms with van der Waals surface area (Å²) in [6.45, 7) is 1.88. The lowest BCUT2D eigenvalue weighted by molar-refractivity contribution is -0.137. The molecule has 0 aliphatic rings. The molecule has 2 amide bonds. The Hall–Kier alpha value is -3.14. The second-order valence-electron chi connectivity index (χ2n) is 5.29. The first kappa shape index (κ1) is 19.2. The van der Waals surface area contributed by atoms with Crippen LogP contribution in [0.1, 0.15) is 11.1 Å². The van der Waals surface area contributed by atoms with Crippen LogP contribution in [0.4, 0.5) is 23.7 Å². The molecule has 0 heterocycles. The van der Waals surface area contributed by atoms with Crippen molar-refractivity contribution in [2.75, 3.05) is 18.5 Å². The predicted molar refractivity (Wildman–Crippen MR) is 92.9 cm³/mol. The number of benzene rings is 2. The maximum Gasteiger partial charge on any atom is 0.416 e. The summed E-state index contributed by atoms with van der Waals surface area (Å²) >= 11 is 0. The monoisotopic (exact) mass is 362 g/mol. The Labute approximate surface area is 149 Å². The van der Waals surface area contributed by atoms with Crippen LogP contribution in [-0.4, -0.2) is 19.2 Å². The van der Waals surface area contributed by atoms with Crippen molar-refractivity contribution in [1.29, 1.82) is 0 Å². The lowest BCUT2D eigenvalue weighted by Crippen LogP contribution is -2.29. The molecular weight excluding hydrogens is 345 g/mol. The highest BCUT2D eigenvalue weighted by Gasteiger charge is 2.30. The Balaban J connectivity index is 1.74. The van der Waals surface area contributed by atoms with Crippen LogP contribution in [0.2, 0.25) is 0 Å². The summed E-state index contributed by atoms with van der Waals surface area (Å²) < 4.78 is 42.9. The fraction of sp³-hybridized carbons (Fsp3) is 0.211. The largest absolute Gasteiger partial charge is 0.481 e. The molecule has 0 unspecified atom stereocenters. The van der Waals surface area contributed by atoms with Crippen LogP contribution < -0.4 is 15.4 Å². The third-order valence-corrected chi connectivity index (χ3v) is 3.33. The average Bonchev–Trinajstić information content (AvgIpc) is 2.59. The molecule has 2 rings (SSSR count). The summed E-state index contributed by atoms with van der Waals surface area (Å²) in [6, 6.07) is 11.5. The van der Waals surface area contributed by atoms with Gasteiger partial charge < -0.3 is 15.4 Å². The smallest absolute Gasteiger partial charge is 0.416 e. The zero-order chi connectivity index (χ0) is 19.0. The van der Waals surface area contributed by atoms with Gasteiger partial charge in [0.2, 0.25) is 0 Å². The Kier molecular flexibility index (Phi) is 6.50. The minimum Gasteiger partial charge on any atom is -0.481 e. The maximum atomic E-state index is 12.6. The van der Waals surface area contributed by atoms with Crippen molar-refractivity contribution in [1.82, 2.24) is 5.32 Å². The Morgan fingerprint density at radius 1 is 1.12 bits per heavy atom. The lowest BCUT2D eigenvalue weighted by atomic mass is 10.2. The summed E-state index contributed by atoms with van der Waals surface area (Å²) in [5, 5.41) is 5.25. The molecule has 0 spiro atoms. The first-order chi connectivity index (χ1) is 12.4. The minimum absolute atomic E-state index is 0.0809. The fourth-order valence-corrected chi connectivity index (χ4v) is 2.00. The van der Waals surface area contributed by atoms with E-state index in [1.54, 1.807) is 6.07 Å². The molecule has 0 radical (unpaired) electrons. The number of ether oxygens (including phenoxy) is 1. The van der Waals surface area contributed by atoms with Crippen LogP contribution in [0.5, 0.6) is 5.75 Å². The summed E-state index contributed by atoms with van der Waals surface area (Å²) in [5.74, 6) is 5.37. The molecule has 0 aliphatic carbocycles. The number of aryl methyl sites for hydroxylation is 1. The van der Waals surface area contributed by atoms with E-state index in [9.17, 15) is 18.0 Å². The van der Waals surface area contributed by atoms with Gasteiger partial charge in [-0.1, -0.05) is 36.1 Å². The number of urea groups is 1. The second-order valence-corrected chi connectivity index (χ2v) is 5.29. The van der Waals surface area contributed by atoms with E-state index in [2.05, 4.69) is 22.5 Å². The van der Waals surface area contributed by atoms with Gasteiger partial charge in [0.05, 0.1) is 12.1 Å². The van der Waals surface area contributed by atoms with E-state index in [1.165, 1.54) is 12.1 Å². The number of alkyl halides is 3. The van der Waals surface area contributed by atoms with Crippen molar-refractivity contribution in [3.05, 3.63) is 59.7 Å². The van der Waals surface area contributed by atoms with Gasteiger partial charge in [-0.05, 0) is 36.8 Å². The predicted octanol–water partition coefficient (Wildman–Crippen LogP) is 4.22. The topological polar surface area (TPSA) is 50.4 Å². The quantitative estimate of drug-likeness (QED) is 0.801. The number of para-hydroxylation sites is 1. The van der Waals surface area contributed by atoms with Crippen molar-refractivity contribution in [2.45, 2.75) is 13.1 Å².